The van der Waals surface area contributed by atoms with Crippen molar-refractivity contribution in [3.8, 4) is 5.75 Å². The van der Waals surface area contributed by atoms with Gasteiger partial charge in [-0.15, -0.1) is 0 Å². The first-order chi connectivity index (χ1) is 9.70. The van der Waals surface area contributed by atoms with E-state index in [0.29, 0.717) is 12.2 Å². The molecule has 0 amide bonds. The largest absolute Gasteiger partial charge is 0.479 e. The molecule has 0 fully saturated rings. The van der Waals surface area contributed by atoms with Crippen molar-refractivity contribution < 1.29 is 14.6 Å². The number of nitrogens with one attached hydrogen (secondary N) is 1. The first-order valence-electron chi connectivity index (χ1n) is 6.59. The molecule has 4 heteroatoms. The van der Waals surface area contributed by atoms with Crippen molar-refractivity contribution in [2.45, 2.75) is 19.4 Å². The zero-order valence-corrected chi connectivity index (χ0v) is 11.1. The van der Waals surface area contributed by atoms with E-state index in [1.807, 2.05) is 42.5 Å². The number of hydrogen-bond acceptors (Lipinski definition) is 2. The fourth-order valence-electron chi connectivity index (χ4n) is 2.43. The Morgan fingerprint density at radius 3 is 2.70 bits per heavy atom. The number of benzene rings is 2. The fraction of sp³-hybridized carbons (Fsp3) is 0.188. The first kappa shape index (κ1) is 12.5. The predicted molar refractivity (Wildman–Crippen MR) is 78.1 cm³/mol. The van der Waals surface area contributed by atoms with Crippen LogP contribution in [0, 0.1) is 0 Å². The van der Waals surface area contributed by atoms with Gasteiger partial charge in [-0.05, 0) is 24.6 Å². The van der Waals surface area contributed by atoms with Gasteiger partial charge in [0.05, 0.1) is 5.52 Å². The summed E-state index contributed by atoms with van der Waals surface area (Å²) in [7, 11) is 0. The van der Waals surface area contributed by atoms with Crippen LogP contribution in [0.15, 0.2) is 42.5 Å². The summed E-state index contributed by atoms with van der Waals surface area (Å²) in [4.78, 5) is 14.5. The first-order valence-corrected chi connectivity index (χ1v) is 6.59. The van der Waals surface area contributed by atoms with E-state index < -0.39 is 12.1 Å². The number of fused-ring (bicyclic) bond motifs is 3. The fourth-order valence-corrected chi connectivity index (χ4v) is 2.43. The van der Waals surface area contributed by atoms with Crippen LogP contribution in [0.5, 0.6) is 5.75 Å². The van der Waals surface area contributed by atoms with Crippen molar-refractivity contribution in [3.63, 3.8) is 0 Å². The lowest BCUT2D eigenvalue weighted by molar-refractivity contribution is -0.145. The molecule has 2 aromatic carbocycles. The third-order valence-corrected chi connectivity index (χ3v) is 3.41. The van der Waals surface area contributed by atoms with Crippen LogP contribution in [-0.4, -0.2) is 22.2 Å². The third-order valence-electron chi connectivity index (χ3n) is 3.41. The zero-order chi connectivity index (χ0) is 14.1. The Bertz CT molecular complexity index is 776. The molecule has 0 aliphatic rings. The maximum absolute atomic E-state index is 11.1. The molecular weight excluding hydrogens is 254 g/mol. The smallest absolute Gasteiger partial charge is 0.344 e. The predicted octanol–water partition coefficient (Wildman–Crippen LogP) is 3.56. The van der Waals surface area contributed by atoms with Crippen LogP contribution in [0.1, 0.15) is 13.3 Å². The summed E-state index contributed by atoms with van der Waals surface area (Å²) >= 11 is 0. The van der Waals surface area contributed by atoms with Crippen LogP contribution in [0.4, 0.5) is 0 Å². The number of H-pyrrole nitrogens is 1. The van der Waals surface area contributed by atoms with Gasteiger partial charge in [-0.1, -0.05) is 31.2 Å². The third kappa shape index (κ3) is 1.99. The highest BCUT2D eigenvalue weighted by Crippen LogP contribution is 2.33. The molecule has 1 unspecified atom stereocenters. The molecule has 0 saturated heterocycles. The zero-order valence-electron chi connectivity index (χ0n) is 11.1. The van der Waals surface area contributed by atoms with Crippen LogP contribution < -0.4 is 4.74 Å². The highest BCUT2D eigenvalue weighted by molar-refractivity contribution is 6.10. The Hall–Kier alpha value is -2.49. The summed E-state index contributed by atoms with van der Waals surface area (Å²) in [6.45, 7) is 1.80. The average molecular weight is 269 g/mol. The minimum Gasteiger partial charge on any atom is -0.479 e. The van der Waals surface area contributed by atoms with Crippen LogP contribution >= 0.6 is 0 Å². The molecule has 1 atom stereocenters. The number of para-hydroxylation sites is 1. The van der Waals surface area contributed by atoms with Crippen LogP contribution in [-0.2, 0) is 4.79 Å². The number of aromatic nitrogens is 1. The summed E-state index contributed by atoms with van der Waals surface area (Å²) in [6.07, 6.45) is -0.400. The summed E-state index contributed by atoms with van der Waals surface area (Å²) in [5.74, 6) is -0.335. The quantitative estimate of drug-likeness (QED) is 0.761. The number of hydrogen-bond donors (Lipinski definition) is 2. The maximum Gasteiger partial charge on any atom is 0.344 e. The van der Waals surface area contributed by atoms with E-state index >= 15 is 0 Å². The normalized spacial score (nSPS) is 12.7. The van der Waals surface area contributed by atoms with Crippen molar-refractivity contribution in [1.29, 1.82) is 0 Å². The molecule has 2 N–H and O–H groups in total. The molecule has 0 radical (unpaired) electrons. The van der Waals surface area contributed by atoms with Gasteiger partial charge in [0, 0.05) is 16.3 Å². The van der Waals surface area contributed by atoms with Gasteiger partial charge < -0.3 is 14.8 Å². The summed E-state index contributed by atoms with van der Waals surface area (Å²) in [5.41, 5.74) is 1.96. The van der Waals surface area contributed by atoms with Gasteiger partial charge in [-0.25, -0.2) is 4.79 Å². The highest BCUT2D eigenvalue weighted by atomic mass is 16.5. The second-order valence-corrected chi connectivity index (χ2v) is 4.70. The Balaban J connectivity index is 2.17. The molecule has 4 nitrogen and oxygen atoms in total. The molecule has 20 heavy (non-hydrogen) atoms. The minimum absolute atomic E-state index is 0.425. The van der Waals surface area contributed by atoms with Crippen LogP contribution in [0.25, 0.3) is 21.8 Å². The van der Waals surface area contributed by atoms with Gasteiger partial charge in [0.1, 0.15) is 5.75 Å². The van der Waals surface area contributed by atoms with Gasteiger partial charge in [-0.2, -0.15) is 0 Å². The Labute approximate surface area is 116 Å². The second-order valence-electron chi connectivity index (χ2n) is 4.70. The average Bonchev–Trinajstić information content (AvgIpc) is 2.83. The van der Waals surface area contributed by atoms with Crippen molar-refractivity contribution in [2.75, 3.05) is 0 Å². The Kier molecular flexibility index (Phi) is 3.06. The molecule has 3 rings (SSSR count). The van der Waals surface area contributed by atoms with Gasteiger partial charge in [-0.3, -0.25) is 0 Å². The molecule has 0 aliphatic carbocycles. The van der Waals surface area contributed by atoms with E-state index in [-0.39, 0.29) is 0 Å². The lowest BCUT2D eigenvalue weighted by atomic mass is 10.1. The van der Waals surface area contributed by atoms with E-state index in [9.17, 15) is 4.79 Å². The van der Waals surface area contributed by atoms with Gasteiger partial charge in [0.15, 0.2) is 6.10 Å². The standard InChI is InChI=1S/C16H15NO3/c1-2-13(16(18)19)20-14-9-5-8-12-15(14)10-6-3-4-7-11(10)17-12/h3-9,13,17H,2H2,1H3,(H,18,19). The number of aliphatic carboxylic acids is 1. The topological polar surface area (TPSA) is 62.3 Å². The Morgan fingerprint density at radius 1 is 1.20 bits per heavy atom. The lowest BCUT2D eigenvalue weighted by Crippen LogP contribution is -2.25. The monoisotopic (exact) mass is 269 g/mol. The van der Waals surface area contributed by atoms with Crippen molar-refractivity contribution in [1.82, 2.24) is 4.98 Å². The maximum atomic E-state index is 11.1. The summed E-state index contributed by atoms with van der Waals surface area (Å²) in [5, 5.41) is 11.1. The Morgan fingerprint density at radius 2 is 1.95 bits per heavy atom. The second kappa shape index (κ2) is 4.89. The van der Waals surface area contributed by atoms with E-state index in [2.05, 4.69) is 4.98 Å². The summed E-state index contributed by atoms with van der Waals surface area (Å²) in [6, 6.07) is 13.6. The van der Waals surface area contributed by atoms with Crippen LogP contribution in [0.2, 0.25) is 0 Å². The summed E-state index contributed by atoms with van der Waals surface area (Å²) < 4.78 is 5.69. The van der Waals surface area contributed by atoms with Crippen molar-refractivity contribution >= 4 is 27.8 Å². The van der Waals surface area contributed by atoms with Gasteiger partial charge in [0.25, 0.3) is 0 Å². The molecule has 1 aromatic heterocycles. The number of carbonyl (C=O) groups is 1. The van der Waals surface area contributed by atoms with Crippen LogP contribution in [0.3, 0.4) is 0 Å². The molecule has 0 aliphatic heterocycles. The molecule has 102 valence electrons. The minimum atomic E-state index is -0.940. The van der Waals surface area contributed by atoms with Crippen molar-refractivity contribution in [2.24, 2.45) is 0 Å². The molecule has 0 spiro atoms. The molecular formula is C16H15NO3. The van der Waals surface area contributed by atoms with Crippen molar-refractivity contribution in [3.05, 3.63) is 42.5 Å². The van der Waals surface area contributed by atoms with E-state index in [1.54, 1.807) is 6.92 Å². The van der Waals surface area contributed by atoms with Gasteiger partial charge >= 0.3 is 5.97 Å². The molecule has 0 saturated carbocycles. The lowest BCUT2D eigenvalue weighted by Gasteiger charge is -2.14. The number of carboxylic acids is 1. The molecule has 3 aromatic rings. The molecule has 0 bridgehead atoms. The van der Waals surface area contributed by atoms with E-state index in [4.69, 9.17) is 9.84 Å². The number of rotatable bonds is 4. The van der Waals surface area contributed by atoms with E-state index in [1.165, 1.54) is 0 Å². The highest BCUT2D eigenvalue weighted by Gasteiger charge is 2.19. The van der Waals surface area contributed by atoms with Gasteiger partial charge in [0.2, 0.25) is 0 Å². The number of carboxylic acid groups (broad SMARTS) is 1. The number of aromatic amines is 1. The number of ether oxygens (including phenoxy) is 1. The molecule has 1 heterocycles. The van der Waals surface area contributed by atoms with E-state index in [0.717, 1.165) is 21.8 Å². The SMILES string of the molecule is CCC(Oc1cccc2[nH]c3ccccc3c12)C(=O)O.